The molecule has 0 aliphatic rings. The van der Waals surface area contributed by atoms with Crippen molar-refractivity contribution in [3.05, 3.63) is 10.7 Å². The summed E-state index contributed by atoms with van der Waals surface area (Å²) >= 11 is 5.38. The van der Waals surface area contributed by atoms with Gasteiger partial charge >= 0.3 is 0 Å². The van der Waals surface area contributed by atoms with Crippen LogP contribution in [0.5, 0.6) is 0 Å². The monoisotopic (exact) mass is 332 g/mol. The molecule has 0 aliphatic carbocycles. The SMILES string of the molecule is CCCNc1ncc(Br)c(N(C)CCCSC)n1. The van der Waals surface area contributed by atoms with Crippen LogP contribution in [0.25, 0.3) is 0 Å². The average molecular weight is 333 g/mol. The fraction of sp³-hybridized carbons (Fsp3) is 0.667. The molecule has 0 fully saturated rings. The molecule has 0 atom stereocenters. The van der Waals surface area contributed by atoms with Crippen LogP contribution < -0.4 is 10.2 Å². The molecule has 102 valence electrons. The van der Waals surface area contributed by atoms with Gasteiger partial charge in [-0.15, -0.1) is 0 Å². The third-order valence-corrected chi connectivity index (χ3v) is 3.72. The number of hydrogen-bond acceptors (Lipinski definition) is 5. The van der Waals surface area contributed by atoms with Gasteiger partial charge in [-0.05, 0) is 40.8 Å². The van der Waals surface area contributed by atoms with Crippen LogP contribution in [0.1, 0.15) is 19.8 Å². The Hall–Kier alpha value is -0.490. The van der Waals surface area contributed by atoms with Gasteiger partial charge in [0, 0.05) is 26.3 Å². The maximum absolute atomic E-state index is 4.54. The fourth-order valence-corrected chi connectivity index (χ4v) is 2.41. The molecule has 0 unspecified atom stereocenters. The van der Waals surface area contributed by atoms with E-state index < -0.39 is 0 Å². The van der Waals surface area contributed by atoms with Crippen molar-refractivity contribution in [1.29, 1.82) is 0 Å². The van der Waals surface area contributed by atoms with Crippen LogP contribution in [-0.2, 0) is 0 Å². The predicted molar refractivity (Wildman–Crippen MR) is 84.8 cm³/mol. The van der Waals surface area contributed by atoms with Gasteiger partial charge in [0.15, 0.2) is 0 Å². The summed E-state index contributed by atoms with van der Waals surface area (Å²) in [6, 6.07) is 0. The van der Waals surface area contributed by atoms with Gasteiger partial charge in [-0.1, -0.05) is 6.92 Å². The second-order valence-corrected chi connectivity index (χ2v) is 5.90. The summed E-state index contributed by atoms with van der Waals surface area (Å²) in [6.07, 6.45) is 6.17. The van der Waals surface area contributed by atoms with Gasteiger partial charge in [0.2, 0.25) is 5.95 Å². The minimum Gasteiger partial charge on any atom is -0.359 e. The first kappa shape index (κ1) is 15.6. The predicted octanol–water partition coefficient (Wildman–Crippen LogP) is 3.25. The number of hydrogen-bond donors (Lipinski definition) is 1. The lowest BCUT2D eigenvalue weighted by Crippen LogP contribution is -2.21. The zero-order chi connectivity index (χ0) is 13.4. The molecule has 1 N–H and O–H groups in total. The highest BCUT2D eigenvalue weighted by molar-refractivity contribution is 9.10. The first-order valence-corrected chi connectivity index (χ1v) is 8.34. The normalized spacial score (nSPS) is 10.4. The zero-order valence-electron chi connectivity index (χ0n) is 11.2. The minimum atomic E-state index is 0.701. The van der Waals surface area contributed by atoms with E-state index in [0.717, 1.165) is 36.2 Å². The van der Waals surface area contributed by atoms with Gasteiger partial charge in [-0.2, -0.15) is 16.7 Å². The van der Waals surface area contributed by atoms with Gasteiger partial charge < -0.3 is 10.2 Å². The van der Waals surface area contributed by atoms with Gasteiger partial charge in [-0.3, -0.25) is 0 Å². The summed E-state index contributed by atoms with van der Waals surface area (Å²) in [6.45, 7) is 4.03. The lowest BCUT2D eigenvalue weighted by molar-refractivity contribution is 0.836. The lowest BCUT2D eigenvalue weighted by Gasteiger charge is -2.19. The third kappa shape index (κ3) is 5.02. The van der Waals surface area contributed by atoms with E-state index in [4.69, 9.17) is 0 Å². The smallest absolute Gasteiger partial charge is 0.224 e. The largest absolute Gasteiger partial charge is 0.359 e. The zero-order valence-corrected chi connectivity index (χ0v) is 13.6. The number of anilines is 2. The Morgan fingerprint density at radius 1 is 1.50 bits per heavy atom. The maximum Gasteiger partial charge on any atom is 0.224 e. The van der Waals surface area contributed by atoms with E-state index in [9.17, 15) is 0 Å². The molecule has 6 heteroatoms. The highest BCUT2D eigenvalue weighted by Gasteiger charge is 2.09. The Kier molecular flexibility index (Phi) is 7.42. The molecule has 0 saturated heterocycles. The summed E-state index contributed by atoms with van der Waals surface area (Å²) in [7, 11) is 2.07. The van der Waals surface area contributed by atoms with Crippen LogP contribution in [0.4, 0.5) is 11.8 Å². The molecule has 4 nitrogen and oxygen atoms in total. The number of nitrogens with zero attached hydrogens (tertiary/aromatic N) is 3. The van der Waals surface area contributed by atoms with Crippen LogP contribution in [0.15, 0.2) is 10.7 Å². The summed E-state index contributed by atoms with van der Waals surface area (Å²) in [5, 5.41) is 3.21. The van der Waals surface area contributed by atoms with E-state index in [1.807, 2.05) is 18.0 Å². The molecule has 1 aromatic rings. The summed E-state index contributed by atoms with van der Waals surface area (Å²) in [4.78, 5) is 11.0. The van der Waals surface area contributed by atoms with Gasteiger partial charge in [0.1, 0.15) is 5.82 Å². The van der Waals surface area contributed by atoms with E-state index in [1.165, 1.54) is 5.75 Å². The first-order valence-electron chi connectivity index (χ1n) is 6.15. The number of rotatable bonds is 8. The number of nitrogens with one attached hydrogen (secondary N) is 1. The molecule has 0 bridgehead atoms. The molecule has 0 spiro atoms. The molecule has 1 rings (SSSR count). The highest BCUT2D eigenvalue weighted by Crippen LogP contribution is 2.23. The van der Waals surface area contributed by atoms with Crippen LogP contribution in [-0.4, -0.2) is 42.1 Å². The number of aromatic nitrogens is 2. The van der Waals surface area contributed by atoms with Crippen molar-refractivity contribution in [1.82, 2.24) is 9.97 Å². The van der Waals surface area contributed by atoms with Crippen LogP contribution in [0.2, 0.25) is 0 Å². The van der Waals surface area contributed by atoms with Crippen molar-refractivity contribution in [3.8, 4) is 0 Å². The summed E-state index contributed by atoms with van der Waals surface area (Å²) in [5.41, 5.74) is 0. The summed E-state index contributed by atoms with van der Waals surface area (Å²) < 4.78 is 0.941. The first-order chi connectivity index (χ1) is 8.69. The molecular formula is C12H21BrN4S. The number of halogens is 1. The molecular weight excluding hydrogens is 312 g/mol. The minimum absolute atomic E-state index is 0.701. The highest BCUT2D eigenvalue weighted by atomic mass is 79.9. The van der Waals surface area contributed by atoms with Gasteiger partial charge in [-0.25, -0.2) is 4.98 Å². The quantitative estimate of drug-likeness (QED) is 0.740. The van der Waals surface area contributed by atoms with Crippen molar-refractivity contribution in [3.63, 3.8) is 0 Å². The molecule has 0 radical (unpaired) electrons. The molecule has 0 saturated carbocycles. The van der Waals surface area contributed by atoms with Gasteiger partial charge in [0.25, 0.3) is 0 Å². The Morgan fingerprint density at radius 2 is 2.28 bits per heavy atom. The van der Waals surface area contributed by atoms with Gasteiger partial charge in [0.05, 0.1) is 4.47 Å². The van der Waals surface area contributed by atoms with Crippen molar-refractivity contribution >= 4 is 39.5 Å². The van der Waals surface area contributed by atoms with Crippen LogP contribution in [0.3, 0.4) is 0 Å². The van der Waals surface area contributed by atoms with Crippen LogP contribution >= 0.6 is 27.7 Å². The lowest BCUT2D eigenvalue weighted by atomic mass is 10.4. The van der Waals surface area contributed by atoms with Crippen molar-refractivity contribution in [2.75, 3.05) is 42.4 Å². The van der Waals surface area contributed by atoms with Crippen molar-refractivity contribution < 1.29 is 0 Å². The average Bonchev–Trinajstić information content (AvgIpc) is 2.38. The third-order valence-electron chi connectivity index (χ3n) is 2.46. The fourth-order valence-electron chi connectivity index (χ4n) is 1.50. The molecule has 1 heterocycles. The molecule has 0 aromatic carbocycles. The van der Waals surface area contributed by atoms with E-state index in [2.05, 4.69) is 56.3 Å². The number of thioether (sulfide) groups is 1. The van der Waals surface area contributed by atoms with E-state index in [1.54, 1.807) is 0 Å². The molecule has 0 aliphatic heterocycles. The van der Waals surface area contributed by atoms with Crippen molar-refractivity contribution in [2.45, 2.75) is 19.8 Å². The van der Waals surface area contributed by atoms with E-state index in [0.29, 0.717) is 5.95 Å². The van der Waals surface area contributed by atoms with E-state index >= 15 is 0 Å². The Balaban J connectivity index is 2.66. The Bertz CT molecular complexity index is 362. The topological polar surface area (TPSA) is 41.1 Å². The second kappa shape index (κ2) is 8.58. The molecule has 0 amide bonds. The maximum atomic E-state index is 4.54. The second-order valence-electron chi connectivity index (χ2n) is 4.06. The van der Waals surface area contributed by atoms with Crippen molar-refractivity contribution in [2.24, 2.45) is 0 Å². The Morgan fingerprint density at radius 3 is 2.94 bits per heavy atom. The summed E-state index contributed by atoms with van der Waals surface area (Å²) in [5.74, 6) is 2.82. The molecule has 1 aromatic heterocycles. The standard InChI is InChI=1S/C12H21BrN4S/c1-4-6-14-12-15-9-10(13)11(16-12)17(2)7-5-8-18-3/h9H,4-8H2,1-3H3,(H,14,15,16). The van der Waals surface area contributed by atoms with E-state index in [-0.39, 0.29) is 0 Å². The molecule has 18 heavy (non-hydrogen) atoms. The van der Waals surface area contributed by atoms with Crippen LogP contribution in [0, 0.1) is 0 Å². The Labute approximate surface area is 122 Å².